The van der Waals surface area contributed by atoms with Gasteiger partial charge in [0.15, 0.2) is 0 Å². The summed E-state index contributed by atoms with van der Waals surface area (Å²) in [5.41, 5.74) is 5.23. The third kappa shape index (κ3) is 1.90. The number of H-pyrrole nitrogens is 1. The van der Waals surface area contributed by atoms with Gasteiger partial charge in [-0.25, -0.2) is 4.79 Å². The van der Waals surface area contributed by atoms with Crippen LogP contribution in [0.5, 0.6) is 0 Å². The highest BCUT2D eigenvalue weighted by molar-refractivity contribution is 5.63. The number of hydrogen-bond acceptors (Lipinski definition) is 5. The number of nitrogen functional groups attached to an aromatic ring is 1. The monoisotopic (exact) mass is 254 g/mol. The Kier molecular flexibility index (Phi) is 3.42. The van der Waals surface area contributed by atoms with Crippen LogP contribution in [0.15, 0.2) is 9.59 Å². The smallest absolute Gasteiger partial charge is 0.330 e. The Balaban J connectivity index is 2.57. The van der Waals surface area contributed by atoms with E-state index < -0.39 is 11.2 Å². The summed E-state index contributed by atoms with van der Waals surface area (Å²) in [6.45, 7) is 2.82. The highest BCUT2D eigenvalue weighted by atomic mass is 16.3. The summed E-state index contributed by atoms with van der Waals surface area (Å²) in [6, 6.07) is -0.101. The summed E-state index contributed by atoms with van der Waals surface area (Å²) in [4.78, 5) is 27.5. The van der Waals surface area contributed by atoms with Crippen molar-refractivity contribution in [2.45, 2.75) is 32.4 Å². The lowest BCUT2D eigenvalue weighted by atomic mass is 10.2. The molecule has 0 bridgehead atoms. The van der Waals surface area contributed by atoms with Crippen LogP contribution < -0.4 is 21.9 Å². The number of aliphatic hydroxyl groups excluding tert-OH is 1. The predicted octanol–water partition coefficient (Wildman–Crippen LogP) is -0.900. The van der Waals surface area contributed by atoms with E-state index in [4.69, 9.17) is 5.73 Å². The summed E-state index contributed by atoms with van der Waals surface area (Å²) in [6.07, 6.45) is 1.72. The topological polar surface area (TPSA) is 104 Å². The zero-order valence-corrected chi connectivity index (χ0v) is 10.3. The van der Waals surface area contributed by atoms with E-state index in [1.54, 1.807) is 11.8 Å². The van der Waals surface area contributed by atoms with E-state index in [0.717, 1.165) is 12.8 Å². The molecule has 7 heteroatoms. The number of nitrogens with zero attached hydrogens (tertiary/aromatic N) is 2. The maximum atomic E-state index is 11.9. The maximum Gasteiger partial charge on any atom is 0.330 e. The lowest BCUT2D eigenvalue weighted by molar-refractivity contribution is 0.266. The molecule has 2 rings (SSSR count). The number of aromatic amines is 1. The predicted molar refractivity (Wildman–Crippen MR) is 68.9 cm³/mol. The molecule has 1 saturated heterocycles. The molecule has 0 aliphatic carbocycles. The molecule has 0 saturated carbocycles. The first-order valence-corrected chi connectivity index (χ1v) is 6.10. The van der Waals surface area contributed by atoms with E-state index in [9.17, 15) is 14.7 Å². The van der Waals surface area contributed by atoms with E-state index in [-0.39, 0.29) is 18.5 Å². The Labute approximate surface area is 104 Å². The van der Waals surface area contributed by atoms with Crippen molar-refractivity contribution in [3.05, 3.63) is 20.8 Å². The average molecular weight is 254 g/mol. The van der Waals surface area contributed by atoms with Gasteiger partial charge in [-0.2, -0.15) is 0 Å². The van der Waals surface area contributed by atoms with Crippen molar-refractivity contribution in [3.63, 3.8) is 0 Å². The Bertz CT molecular complexity index is 548. The molecule has 4 N–H and O–H groups in total. The van der Waals surface area contributed by atoms with Gasteiger partial charge in [-0.3, -0.25) is 14.3 Å². The molecule has 0 aromatic carbocycles. The molecule has 0 amide bonds. The van der Waals surface area contributed by atoms with E-state index in [2.05, 4.69) is 4.98 Å². The van der Waals surface area contributed by atoms with Crippen molar-refractivity contribution in [2.24, 2.45) is 0 Å². The second-order valence-electron chi connectivity index (χ2n) is 4.41. The van der Waals surface area contributed by atoms with Gasteiger partial charge in [0.25, 0.3) is 5.56 Å². The molecular formula is C11H18N4O3. The number of aliphatic hydroxyl groups is 1. The molecule has 1 unspecified atom stereocenters. The largest absolute Gasteiger partial charge is 0.394 e. The fourth-order valence-electron chi connectivity index (χ4n) is 2.49. The molecule has 1 aliphatic heterocycles. The molecule has 7 nitrogen and oxygen atoms in total. The fourth-order valence-corrected chi connectivity index (χ4v) is 2.49. The number of nitrogens with one attached hydrogen (secondary N) is 1. The molecule has 1 aromatic heterocycles. The Morgan fingerprint density at radius 2 is 2.22 bits per heavy atom. The van der Waals surface area contributed by atoms with Crippen molar-refractivity contribution >= 4 is 11.5 Å². The summed E-state index contributed by atoms with van der Waals surface area (Å²) in [7, 11) is 0. The second-order valence-corrected chi connectivity index (χ2v) is 4.41. The third-order valence-electron chi connectivity index (χ3n) is 3.41. The van der Waals surface area contributed by atoms with Crippen LogP contribution in [0.3, 0.4) is 0 Å². The van der Waals surface area contributed by atoms with E-state index >= 15 is 0 Å². The number of nitrogens with two attached hydrogens (primary N) is 1. The second kappa shape index (κ2) is 4.85. The van der Waals surface area contributed by atoms with Crippen molar-refractivity contribution in [1.82, 2.24) is 9.55 Å². The van der Waals surface area contributed by atoms with E-state index in [0.29, 0.717) is 18.8 Å². The summed E-state index contributed by atoms with van der Waals surface area (Å²) in [5, 5.41) is 9.30. The quantitative estimate of drug-likeness (QED) is 0.648. The number of aromatic nitrogens is 2. The number of hydrogen-bond donors (Lipinski definition) is 3. The first-order chi connectivity index (χ1) is 8.60. The van der Waals surface area contributed by atoms with Gasteiger partial charge in [-0.15, -0.1) is 0 Å². The summed E-state index contributed by atoms with van der Waals surface area (Å²) in [5.74, 6) is 0.173. The minimum Gasteiger partial charge on any atom is -0.394 e. The van der Waals surface area contributed by atoms with Gasteiger partial charge >= 0.3 is 5.69 Å². The van der Waals surface area contributed by atoms with Crippen LogP contribution in [-0.2, 0) is 6.54 Å². The van der Waals surface area contributed by atoms with Crippen LogP contribution in [0.2, 0.25) is 0 Å². The third-order valence-corrected chi connectivity index (χ3v) is 3.41. The van der Waals surface area contributed by atoms with Gasteiger partial charge in [-0.1, -0.05) is 0 Å². The molecule has 0 radical (unpaired) electrons. The zero-order valence-electron chi connectivity index (χ0n) is 10.3. The fraction of sp³-hybridized carbons (Fsp3) is 0.636. The van der Waals surface area contributed by atoms with Crippen LogP contribution in [0.25, 0.3) is 0 Å². The van der Waals surface area contributed by atoms with E-state index in [1.807, 2.05) is 0 Å². The standard InChI is InChI=1S/C11H18N4O3/c1-2-14-9(12)8(10(17)13-11(14)18)15-5-3-4-7(15)6-16/h7,16H,2-6,12H2,1H3,(H,13,17,18). The van der Waals surface area contributed by atoms with Gasteiger partial charge in [0.05, 0.1) is 12.6 Å². The zero-order chi connectivity index (χ0) is 13.3. The highest BCUT2D eigenvalue weighted by Crippen LogP contribution is 2.25. The molecular weight excluding hydrogens is 236 g/mol. The number of rotatable bonds is 3. The lowest BCUT2D eigenvalue weighted by Crippen LogP contribution is -2.41. The van der Waals surface area contributed by atoms with Gasteiger partial charge < -0.3 is 15.7 Å². The molecule has 1 aromatic rings. The number of anilines is 2. The van der Waals surface area contributed by atoms with Crippen LogP contribution in [0.4, 0.5) is 11.5 Å². The molecule has 0 spiro atoms. The SMILES string of the molecule is CCn1c(N)c(N2CCCC2CO)c(=O)[nH]c1=O. The molecule has 1 fully saturated rings. The average Bonchev–Trinajstić information content (AvgIpc) is 2.77. The summed E-state index contributed by atoms with van der Waals surface area (Å²) < 4.78 is 1.32. The van der Waals surface area contributed by atoms with Gasteiger partial charge in [0.2, 0.25) is 0 Å². The van der Waals surface area contributed by atoms with Gasteiger partial charge in [0, 0.05) is 13.1 Å². The molecule has 2 heterocycles. The minimum absolute atomic E-state index is 0.0237. The Morgan fingerprint density at radius 3 is 2.83 bits per heavy atom. The normalized spacial score (nSPS) is 19.4. The Hall–Kier alpha value is -1.76. The molecule has 18 heavy (non-hydrogen) atoms. The summed E-state index contributed by atoms with van der Waals surface area (Å²) >= 11 is 0. The van der Waals surface area contributed by atoms with Crippen molar-refractivity contribution < 1.29 is 5.11 Å². The molecule has 1 aliphatic rings. The highest BCUT2D eigenvalue weighted by Gasteiger charge is 2.28. The van der Waals surface area contributed by atoms with E-state index in [1.165, 1.54) is 4.57 Å². The first kappa shape index (κ1) is 12.7. The Morgan fingerprint density at radius 1 is 1.50 bits per heavy atom. The van der Waals surface area contributed by atoms with Crippen molar-refractivity contribution in [3.8, 4) is 0 Å². The van der Waals surface area contributed by atoms with Crippen LogP contribution in [-0.4, -0.2) is 33.9 Å². The lowest BCUT2D eigenvalue weighted by Gasteiger charge is -2.26. The minimum atomic E-state index is -0.497. The van der Waals surface area contributed by atoms with Crippen LogP contribution in [0, 0.1) is 0 Å². The van der Waals surface area contributed by atoms with Crippen LogP contribution >= 0.6 is 0 Å². The molecule has 1 atom stereocenters. The maximum absolute atomic E-state index is 11.9. The van der Waals surface area contributed by atoms with Crippen molar-refractivity contribution in [2.75, 3.05) is 23.8 Å². The van der Waals surface area contributed by atoms with Gasteiger partial charge in [0.1, 0.15) is 11.5 Å². The first-order valence-electron chi connectivity index (χ1n) is 6.10. The van der Waals surface area contributed by atoms with Crippen LogP contribution in [0.1, 0.15) is 19.8 Å². The van der Waals surface area contributed by atoms with Gasteiger partial charge in [-0.05, 0) is 19.8 Å². The van der Waals surface area contributed by atoms with Crippen molar-refractivity contribution in [1.29, 1.82) is 0 Å². The molecule has 100 valence electrons.